The molecule has 1 aromatic rings. The summed E-state index contributed by atoms with van der Waals surface area (Å²) < 4.78 is 0. The van der Waals surface area contributed by atoms with Crippen molar-refractivity contribution in [2.24, 2.45) is 11.3 Å². The molecule has 0 spiro atoms. The van der Waals surface area contributed by atoms with E-state index in [4.69, 9.17) is 5.26 Å². The number of nitrogens with zero attached hydrogens (tertiary/aromatic N) is 2. The second-order valence-corrected chi connectivity index (χ2v) is 6.78. The summed E-state index contributed by atoms with van der Waals surface area (Å²) in [6.07, 6.45) is 0.488. The van der Waals surface area contributed by atoms with Crippen LogP contribution in [0.3, 0.4) is 0 Å². The van der Waals surface area contributed by atoms with Crippen molar-refractivity contribution in [3.8, 4) is 6.07 Å². The van der Waals surface area contributed by atoms with Gasteiger partial charge < -0.3 is 0 Å². The normalized spacial score (nSPS) is 19.2. The van der Waals surface area contributed by atoms with Crippen LogP contribution >= 0.6 is 0 Å². The summed E-state index contributed by atoms with van der Waals surface area (Å²) in [5, 5.41) is 19.9. The Morgan fingerprint density at radius 3 is 2.22 bits per heavy atom. The molecule has 2 rings (SSSR count). The molecule has 1 atom stereocenters. The third-order valence-corrected chi connectivity index (χ3v) is 4.22. The standard InChI is InChI=1S/C17H18N2O4/c1-17(2)7-14(20)16(15(21)8-17)13(10-19(22)23)12-5-3-11(9-18)4-6-12/h3-6,13,16H,7-8,10H2,1-2H3. The van der Waals surface area contributed by atoms with Gasteiger partial charge in [-0.15, -0.1) is 0 Å². The highest BCUT2D eigenvalue weighted by molar-refractivity contribution is 6.06. The number of Topliss-reactive ketones (excluding diaryl/α,β-unsaturated/α-hetero) is 2. The van der Waals surface area contributed by atoms with Gasteiger partial charge in [0.2, 0.25) is 6.54 Å². The van der Waals surface area contributed by atoms with Crippen molar-refractivity contribution < 1.29 is 14.5 Å². The second-order valence-electron chi connectivity index (χ2n) is 6.78. The highest BCUT2D eigenvalue weighted by atomic mass is 16.6. The lowest BCUT2D eigenvalue weighted by Crippen LogP contribution is -2.42. The Hall–Kier alpha value is -2.55. The number of ketones is 2. The maximum Gasteiger partial charge on any atom is 0.211 e. The number of carbonyl (C=O) groups excluding carboxylic acids is 2. The summed E-state index contributed by atoms with van der Waals surface area (Å²) in [5.74, 6) is -2.22. The van der Waals surface area contributed by atoms with E-state index >= 15 is 0 Å². The molecule has 1 saturated carbocycles. The number of rotatable bonds is 4. The highest BCUT2D eigenvalue weighted by Crippen LogP contribution is 2.39. The van der Waals surface area contributed by atoms with Crippen LogP contribution in [0.25, 0.3) is 0 Å². The zero-order valence-electron chi connectivity index (χ0n) is 13.1. The number of hydrogen-bond donors (Lipinski definition) is 0. The van der Waals surface area contributed by atoms with E-state index in [0.717, 1.165) is 0 Å². The van der Waals surface area contributed by atoms with Gasteiger partial charge in [0.05, 0.1) is 23.5 Å². The van der Waals surface area contributed by atoms with Gasteiger partial charge in [0.25, 0.3) is 0 Å². The maximum absolute atomic E-state index is 12.4. The number of nitro groups is 1. The van der Waals surface area contributed by atoms with Crippen molar-refractivity contribution >= 4 is 11.6 Å². The number of benzene rings is 1. The van der Waals surface area contributed by atoms with Crippen molar-refractivity contribution in [3.63, 3.8) is 0 Å². The summed E-state index contributed by atoms with van der Waals surface area (Å²) in [6.45, 7) is 3.22. The first-order chi connectivity index (χ1) is 10.7. The van der Waals surface area contributed by atoms with E-state index in [1.54, 1.807) is 24.3 Å². The van der Waals surface area contributed by atoms with Gasteiger partial charge >= 0.3 is 0 Å². The van der Waals surface area contributed by atoms with Crippen molar-refractivity contribution in [2.75, 3.05) is 6.54 Å². The van der Waals surface area contributed by atoms with Gasteiger partial charge in [0, 0.05) is 17.8 Å². The minimum Gasteiger partial charge on any atom is -0.299 e. The van der Waals surface area contributed by atoms with E-state index < -0.39 is 28.7 Å². The molecule has 0 aliphatic heterocycles. The molecule has 1 unspecified atom stereocenters. The Balaban J connectivity index is 2.38. The minimum absolute atomic E-state index is 0.234. The van der Waals surface area contributed by atoms with Crippen molar-refractivity contribution in [3.05, 3.63) is 45.5 Å². The predicted molar refractivity (Wildman–Crippen MR) is 82.3 cm³/mol. The Kier molecular flexibility index (Phi) is 4.60. The third-order valence-electron chi connectivity index (χ3n) is 4.22. The molecule has 0 heterocycles. The fraction of sp³-hybridized carbons (Fsp3) is 0.471. The topological polar surface area (TPSA) is 101 Å². The molecular formula is C17H18N2O4. The SMILES string of the molecule is CC1(C)CC(=O)C(C(C[N+](=O)[O-])c2ccc(C#N)cc2)C(=O)C1. The predicted octanol–water partition coefficient (Wildman–Crippen LogP) is 2.49. The second kappa shape index (κ2) is 6.29. The molecule has 1 fully saturated rings. The third kappa shape index (κ3) is 3.81. The molecule has 120 valence electrons. The quantitative estimate of drug-likeness (QED) is 0.483. The average Bonchev–Trinajstić information content (AvgIpc) is 2.44. The largest absolute Gasteiger partial charge is 0.299 e. The van der Waals surface area contributed by atoms with Crippen LogP contribution < -0.4 is 0 Å². The van der Waals surface area contributed by atoms with Crippen molar-refractivity contribution in [1.29, 1.82) is 5.26 Å². The van der Waals surface area contributed by atoms with Crippen LogP contribution in [0.2, 0.25) is 0 Å². The van der Waals surface area contributed by atoms with Crippen LogP contribution in [0.1, 0.15) is 43.7 Å². The Labute approximate surface area is 134 Å². The first-order valence-corrected chi connectivity index (χ1v) is 7.41. The lowest BCUT2D eigenvalue weighted by molar-refractivity contribution is -0.484. The van der Waals surface area contributed by atoms with E-state index in [1.807, 2.05) is 19.9 Å². The van der Waals surface area contributed by atoms with Crippen LogP contribution in [0.5, 0.6) is 0 Å². The van der Waals surface area contributed by atoms with E-state index in [1.165, 1.54) is 0 Å². The van der Waals surface area contributed by atoms with Crippen molar-refractivity contribution in [1.82, 2.24) is 0 Å². The van der Waals surface area contributed by atoms with Gasteiger partial charge in [-0.1, -0.05) is 26.0 Å². The fourth-order valence-corrected chi connectivity index (χ4v) is 3.22. The van der Waals surface area contributed by atoms with Gasteiger partial charge in [-0.3, -0.25) is 19.7 Å². The van der Waals surface area contributed by atoms with E-state index in [2.05, 4.69) is 0 Å². The van der Waals surface area contributed by atoms with Crippen LogP contribution in [0.15, 0.2) is 24.3 Å². The molecule has 1 aromatic carbocycles. The minimum atomic E-state index is -0.971. The Bertz CT molecular complexity index is 666. The molecule has 23 heavy (non-hydrogen) atoms. The Morgan fingerprint density at radius 2 is 1.78 bits per heavy atom. The number of carbonyl (C=O) groups is 2. The molecule has 6 nitrogen and oxygen atoms in total. The molecule has 1 aliphatic rings. The van der Waals surface area contributed by atoms with Gasteiger partial charge in [-0.2, -0.15) is 5.26 Å². The summed E-state index contributed by atoms with van der Waals surface area (Å²) >= 11 is 0. The number of hydrogen-bond acceptors (Lipinski definition) is 5. The summed E-state index contributed by atoms with van der Waals surface area (Å²) in [7, 11) is 0. The van der Waals surface area contributed by atoms with Gasteiger partial charge in [0.1, 0.15) is 11.6 Å². The van der Waals surface area contributed by atoms with Crippen LogP contribution in [0, 0.1) is 32.8 Å². The molecule has 0 amide bonds. The Morgan fingerprint density at radius 1 is 1.26 bits per heavy atom. The molecule has 6 heteroatoms. The lowest BCUT2D eigenvalue weighted by Gasteiger charge is -2.34. The van der Waals surface area contributed by atoms with Crippen LogP contribution in [-0.4, -0.2) is 23.0 Å². The molecule has 0 saturated heterocycles. The first kappa shape index (κ1) is 16.8. The van der Waals surface area contributed by atoms with E-state index in [9.17, 15) is 19.7 Å². The molecule has 0 bridgehead atoms. The summed E-state index contributed by atoms with van der Waals surface area (Å²) in [5.41, 5.74) is 0.581. The molecule has 0 radical (unpaired) electrons. The average molecular weight is 314 g/mol. The van der Waals surface area contributed by atoms with Crippen molar-refractivity contribution in [2.45, 2.75) is 32.6 Å². The van der Waals surface area contributed by atoms with Gasteiger partial charge in [-0.25, -0.2) is 0 Å². The van der Waals surface area contributed by atoms with E-state index in [-0.39, 0.29) is 24.4 Å². The van der Waals surface area contributed by atoms with E-state index in [0.29, 0.717) is 11.1 Å². The fourth-order valence-electron chi connectivity index (χ4n) is 3.22. The smallest absolute Gasteiger partial charge is 0.211 e. The molecular weight excluding hydrogens is 296 g/mol. The summed E-state index contributed by atoms with van der Waals surface area (Å²) in [4.78, 5) is 35.4. The maximum atomic E-state index is 12.4. The summed E-state index contributed by atoms with van der Waals surface area (Å²) in [6, 6.07) is 8.25. The molecule has 0 N–H and O–H groups in total. The molecule has 0 aromatic heterocycles. The monoisotopic (exact) mass is 314 g/mol. The van der Waals surface area contributed by atoms with Gasteiger partial charge in [0.15, 0.2) is 0 Å². The zero-order chi connectivity index (χ0) is 17.2. The van der Waals surface area contributed by atoms with Crippen LogP contribution in [0.4, 0.5) is 0 Å². The van der Waals surface area contributed by atoms with Gasteiger partial charge in [-0.05, 0) is 23.1 Å². The first-order valence-electron chi connectivity index (χ1n) is 7.41. The number of nitriles is 1. The van der Waals surface area contributed by atoms with Crippen LogP contribution in [-0.2, 0) is 9.59 Å². The zero-order valence-corrected chi connectivity index (χ0v) is 13.1. The lowest BCUT2D eigenvalue weighted by atomic mass is 9.66. The highest BCUT2D eigenvalue weighted by Gasteiger charge is 2.45. The molecule has 1 aliphatic carbocycles.